The lowest BCUT2D eigenvalue weighted by molar-refractivity contribution is 0.487. The maximum absolute atomic E-state index is 6.91. The van der Waals surface area contributed by atoms with Gasteiger partial charge in [-0.15, -0.1) is 0 Å². The summed E-state index contributed by atoms with van der Waals surface area (Å²) in [5, 5.41) is 16.6. The number of anilines is 12. The second kappa shape index (κ2) is 30.7. The largest absolute Gasteiger partial charge is 0.456 e. The van der Waals surface area contributed by atoms with Crippen molar-refractivity contribution >= 4 is 155 Å². The average molecular weight is 1660 g/mol. The van der Waals surface area contributed by atoms with Crippen molar-refractivity contribution in [1.29, 1.82) is 0 Å². The third kappa shape index (κ3) is 12.6. The first kappa shape index (κ1) is 75.5. The molecule has 1 aromatic heterocycles. The zero-order chi connectivity index (χ0) is 86.1. The highest BCUT2D eigenvalue weighted by Gasteiger charge is 2.38. The second-order valence-corrected chi connectivity index (χ2v) is 34.5. The highest BCUT2D eigenvalue weighted by molar-refractivity contribution is 6.28. The minimum absolute atomic E-state index is 0.223. The zero-order valence-electron chi connectivity index (χ0n) is 71.4. The summed E-state index contributed by atoms with van der Waals surface area (Å²) < 4.78 is 20.5. The van der Waals surface area contributed by atoms with Gasteiger partial charge in [-0.05, 0) is 310 Å². The van der Waals surface area contributed by atoms with Crippen LogP contribution in [0.3, 0.4) is 0 Å². The lowest BCUT2D eigenvalue weighted by Gasteiger charge is -2.28. The van der Waals surface area contributed by atoms with E-state index < -0.39 is 0 Å². The highest BCUT2D eigenvalue weighted by Crippen LogP contribution is 2.58. The molecule has 0 saturated carbocycles. The Balaban J connectivity index is 0.000000140. The van der Waals surface area contributed by atoms with Gasteiger partial charge in [0.2, 0.25) is 0 Å². The minimum atomic E-state index is -0.223. The van der Waals surface area contributed by atoms with Crippen molar-refractivity contribution < 1.29 is 13.9 Å². The van der Waals surface area contributed by atoms with Crippen molar-refractivity contribution in [1.82, 2.24) is 0 Å². The van der Waals surface area contributed by atoms with E-state index in [2.05, 4.69) is 494 Å². The molecule has 612 valence electrons. The molecule has 3 aliphatic rings. The number of hydrogen-bond donors (Lipinski definition) is 0. The Morgan fingerprint density at radius 1 is 0.169 bits per heavy atom. The van der Waals surface area contributed by atoms with Crippen LogP contribution >= 0.6 is 0 Å². The molecule has 0 amide bonds. The molecule has 0 atom stereocenters. The molecule has 0 unspecified atom stereocenters. The summed E-state index contributed by atoms with van der Waals surface area (Å²) in [4.78, 5) is 9.20. The van der Waals surface area contributed by atoms with Crippen molar-refractivity contribution in [3.05, 3.63) is 472 Å². The third-order valence-electron chi connectivity index (χ3n) is 26.8. The van der Waals surface area contributed by atoms with Gasteiger partial charge in [0, 0.05) is 125 Å². The Kier molecular flexibility index (Phi) is 17.8. The van der Waals surface area contributed by atoms with Crippen molar-refractivity contribution in [3.63, 3.8) is 0 Å². The Morgan fingerprint density at radius 2 is 0.454 bits per heavy atom. The maximum atomic E-state index is 6.91. The minimum Gasteiger partial charge on any atom is -0.456 e. The molecule has 0 fully saturated rings. The van der Waals surface area contributed by atoms with Crippen LogP contribution in [-0.2, 0) is 5.41 Å². The van der Waals surface area contributed by atoms with Gasteiger partial charge < -0.3 is 33.5 Å². The van der Waals surface area contributed by atoms with E-state index in [9.17, 15) is 0 Å². The molecule has 0 bridgehead atoms. The van der Waals surface area contributed by atoms with E-state index in [1.807, 2.05) is 0 Å². The van der Waals surface area contributed by atoms with E-state index >= 15 is 0 Å². The fraction of sp³-hybridized carbons (Fsp3) is 0.0244. The topological polar surface area (TPSA) is 44.6 Å². The molecule has 0 saturated heterocycles. The van der Waals surface area contributed by atoms with E-state index in [1.54, 1.807) is 0 Å². The number of hydrogen-bond acceptors (Lipinski definition) is 7. The third-order valence-corrected chi connectivity index (χ3v) is 26.8. The van der Waals surface area contributed by atoms with Gasteiger partial charge >= 0.3 is 0 Å². The molecule has 130 heavy (non-hydrogen) atoms. The number of furan rings is 1. The molecule has 7 heteroatoms. The lowest BCUT2D eigenvalue weighted by Crippen LogP contribution is -2.16. The predicted octanol–water partition coefficient (Wildman–Crippen LogP) is 35.3. The van der Waals surface area contributed by atoms with Gasteiger partial charge in [-0.25, -0.2) is 0 Å². The van der Waals surface area contributed by atoms with Gasteiger partial charge in [0.15, 0.2) is 0 Å². The summed E-state index contributed by atoms with van der Waals surface area (Å²) in [7, 11) is 0. The Labute approximate surface area is 753 Å². The molecule has 1 aliphatic carbocycles. The van der Waals surface area contributed by atoms with Crippen LogP contribution < -0.4 is 29.1 Å². The second-order valence-electron chi connectivity index (χ2n) is 34.5. The van der Waals surface area contributed by atoms with Crippen LogP contribution in [0, 0.1) is 0 Å². The molecule has 22 aromatic carbocycles. The number of ether oxygens (including phenoxy) is 2. The summed E-state index contributed by atoms with van der Waals surface area (Å²) in [6.07, 6.45) is 0. The summed E-state index contributed by atoms with van der Waals surface area (Å²) >= 11 is 0. The van der Waals surface area contributed by atoms with Gasteiger partial charge in [0.25, 0.3) is 0 Å². The maximum Gasteiger partial charge on any atom is 0.137 e. The molecule has 0 radical (unpaired) electrons. The van der Waals surface area contributed by atoms with Gasteiger partial charge in [0.1, 0.15) is 34.2 Å². The Bertz CT molecular complexity index is 8280. The summed E-state index contributed by atoms with van der Waals surface area (Å²) in [6.45, 7) is 4.77. The molecule has 0 N–H and O–H groups in total. The number of benzene rings is 22. The summed E-state index contributed by atoms with van der Waals surface area (Å²) in [6, 6.07) is 165. The standard InChI is InChI=1S/C63H44N2O.C60H38N2O2/c1-63(2)58-36-41(30-33-50(58)51-34-31-46(37-59(51)63)64(42-18-7-3-8-19-42)43-20-9-4-10-21-43)54-39-56-53-28-17-29-60-62(53)57(40-55(56)49-27-16-15-26-48(49)54)52-35-32-47(38-61(52)66-60)65(44-22-11-5-12-23-44)45-24-13-6-14-25-45;1-5-16-40(17-6-1)61(41-18-7-2-8-19-41)44-29-32-49-48-31-28-39(34-57(48)64-58(49)35-44)52-37-54-51-26-15-27-56-60(51)55(38-53(54)47-25-14-13-24-46(47)52)50-33-30-45(36-59(50)63-56)62(42-20-9-3-10-21-42)43-22-11-4-12-23-43/h3-40H,1-2H3;1-38H. The van der Waals surface area contributed by atoms with E-state index in [1.165, 1.54) is 98.4 Å². The molecule has 0 spiro atoms. The van der Waals surface area contributed by atoms with Crippen LogP contribution in [0.4, 0.5) is 68.2 Å². The molecule has 23 aromatic rings. The number of para-hydroxylation sites is 8. The summed E-state index contributed by atoms with van der Waals surface area (Å²) in [5.74, 6) is 3.44. The lowest BCUT2D eigenvalue weighted by atomic mass is 9.81. The van der Waals surface area contributed by atoms with Crippen molar-refractivity contribution in [2.45, 2.75) is 19.3 Å². The zero-order valence-corrected chi connectivity index (χ0v) is 71.4. The number of rotatable bonds is 14. The van der Waals surface area contributed by atoms with Gasteiger partial charge in [-0.3, -0.25) is 0 Å². The van der Waals surface area contributed by atoms with Crippen molar-refractivity contribution in [3.8, 4) is 78.6 Å². The van der Waals surface area contributed by atoms with Crippen LogP contribution in [-0.4, -0.2) is 0 Å². The molecule has 2 aliphatic heterocycles. The van der Waals surface area contributed by atoms with E-state index in [-0.39, 0.29) is 5.41 Å². The predicted molar refractivity (Wildman–Crippen MR) is 543 cm³/mol. The first-order chi connectivity index (χ1) is 64.2. The van der Waals surface area contributed by atoms with Crippen LogP contribution in [0.1, 0.15) is 25.0 Å². The summed E-state index contributed by atoms with van der Waals surface area (Å²) in [5.41, 5.74) is 29.1. The van der Waals surface area contributed by atoms with Crippen LogP contribution in [0.2, 0.25) is 0 Å². The monoisotopic (exact) mass is 1660 g/mol. The van der Waals surface area contributed by atoms with E-state index in [4.69, 9.17) is 13.9 Å². The normalized spacial score (nSPS) is 12.4. The van der Waals surface area contributed by atoms with E-state index in [0.29, 0.717) is 0 Å². The van der Waals surface area contributed by atoms with Gasteiger partial charge in [-0.2, -0.15) is 0 Å². The van der Waals surface area contributed by atoms with Gasteiger partial charge in [-0.1, -0.05) is 257 Å². The van der Waals surface area contributed by atoms with Crippen LogP contribution in [0.5, 0.6) is 23.0 Å². The molecule has 3 heterocycles. The number of nitrogens with zero attached hydrogens (tertiary/aromatic N) is 4. The van der Waals surface area contributed by atoms with Crippen LogP contribution in [0.15, 0.2) is 465 Å². The smallest absolute Gasteiger partial charge is 0.137 e. The van der Waals surface area contributed by atoms with Crippen LogP contribution in [0.25, 0.3) is 142 Å². The first-order valence-corrected chi connectivity index (χ1v) is 44.6. The molecular formula is C123H82N4O3. The fourth-order valence-corrected chi connectivity index (χ4v) is 20.8. The molecule has 26 rings (SSSR count). The SMILES string of the molecule is CC1(C)c2cc(-c3cc4c5cccc6c5c(cc4c4ccccc34)-c3ccc(N(c4ccccc4)c4ccccc4)cc3O6)ccc2-c2ccc(N(c3ccccc3)c3ccccc3)cc21.c1ccc(N(c2ccccc2)c2ccc3c(c2)Oc2cccc4c2c-3cc2c3ccccc3c(-c3ccc5c(c3)oc3cc(N(c6ccccc6)c6ccccc6)ccc35)cc42)cc1. The van der Waals surface area contributed by atoms with Gasteiger partial charge in [0.05, 0.1) is 0 Å². The fourth-order valence-electron chi connectivity index (χ4n) is 20.8. The van der Waals surface area contributed by atoms with Crippen molar-refractivity contribution in [2.75, 3.05) is 19.6 Å². The van der Waals surface area contributed by atoms with Crippen molar-refractivity contribution in [2.24, 2.45) is 0 Å². The molecule has 7 nitrogen and oxygen atoms in total. The Morgan fingerprint density at radius 3 is 0.854 bits per heavy atom. The first-order valence-electron chi connectivity index (χ1n) is 44.6. The highest BCUT2D eigenvalue weighted by atomic mass is 16.5. The average Bonchev–Trinajstić information content (AvgIpc) is 0.769. The Hall–Kier alpha value is -17.0. The van der Waals surface area contributed by atoms with E-state index in [0.717, 1.165) is 146 Å². The quantitative estimate of drug-likeness (QED) is 0.101. The molecular weight excluding hydrogens is 1580 g/mol. The number of fused-ring (bicyclic) bond motifs is 18.